The molecule has 0 amide bonds. The number of benzene rings is 1. The predicted octanol–water partition coefficient (Wildman–Crippen LogP) is 3.60. The molecule has 0 spiro atoms. The normalized spacial score (nSPS) is 11.6. The smallest absolute Gasteiger partial charge is 0.0595 e. The summed E-state index contributed by atoms with van der Waals surface area (Å²) in [5.74, 6) is 0. The first-order valence-corrected chi connectivity index (χ1v) is 4.24. The van der Waals surface area contributed by atoms with Crippen LogP contribution in [0.2, 0.25) is 10.0 Å². The van der Waals surface area contributed by atoms with Gasteiger partial charge in [-0.25, -0.2) is 0 Å². The van der Waals surface area contributed by atoms with Gasteiger partial charge in [-0.05, 0) is 17.7 Å². The van der Waals surface area contributed by atoms with Gasteiger partial charge in [-0.15, -0.1) is 19.0 Å². The Bertz CT molecular complexity index is 299. The lowest BCUT2D eigenvalue weighted by Crippen LogP contribution is -2.05. The lowest BCUT2D eigenvalue weighted by Gasteiger charge is -2.06. The summed E-state index contributed by atoms with van der Waals surface area (Å²) in [5, 5.41) is 1.06. The minimum Gasteiger partial charge on any atom is -0.321 e. The molecule has 2 N–H and O–H groups in total. The van der Waals surface area contributed by atoms with E-state index in [1.165, 1.54) is 0 Å². The van der Waals surface area contributed by atoms with Gasteiger partial charge in [0.25, 0.3) is 0 Å². The van der Waals surface area contributed by atoms with Crippen LogP contribution in [0, 0.1) is 0 Å². The highest BCUT2D eigenvalue weighted by Gasteiger charge is 2.03. The second-order valence-corrected chi connectivity index (χ2v) is 3.25. The molecule has 0 radical (unpaired) electrons. The van der Waals surface area contributed by atoms with Crippen LogP contribution < -0.4 is 5.73 Å². The standard InChI is InChI=1S/C9H9Cl2N.ClH/c1-2-9(12)6-3-4-7(10)8(11)5-6;/h2-5,9H,1,12H2;1H/t9-;/m1./s1. The van der Waals surface area contributed by atoms with Gasteiger partial charge in [0, 0.05) is 6.04 Å². The molecule has 1 nitrogen and oxygen atoms in total. The molecule has 72 valence electrons. The minimum atomic E-state index is -0.181. The number of rotatable bonds is 2. The summed E-state index contributed by atoms with van der Waals surface area (Å²) in [7, 11) is 0. The third kappa shape index (κ3) is 3.20. The third-order valence-electron chi connectivity index (χ3n) is 1.58. The highest BCUT2D eigenvalue weighted by atomic mass is 35.5. The zero-order valence-electron chi connectivity index (χ0n) is 6.84. The summed E-state index contributed by atoms with van der Waals surface area (Å²) < 4.78 is 0. The molecule has 0 saturated heterocycles. The average molecular weight is 239 g/mol. The number of halogens is 3. The van der Waals surface area contributed by atoms with Crippen LogP contribution in [0.4, 0.5) is 0 Å². The van der Waals surface area contributed by atoms with Crippen molar-refractivity contribution in [3.63, 3.8) is 0 Å². The van der Waals surface area contributed by atoms with Crippen molar-refractivity contribution in [3.8, 4) is 0 Å². The topological polar surface area (TPSA) is 26.0 Å². The van der Waals surface area contributed by atoms with E-state index in [9.17, 15) is 0 Å². The highest BCUT2D eigenvalue weighted by Crippen LogP contribution is 2.24. The van der Waals surface area contributed by atoms with E-state index >= 15 is 0 Å². The summed E-state index contributed by atoms with van der Waals surface area (Å²) in [5.41, 5.74) is 6.61. The Morgan fingerprint density at radius 1 is 1.31 bits per heavy atom. The van der Waals surface area contributed by atoms with Crippen molar-refractivity contribution >= 4 is 35.6 Å². The molecule has 4 heteroatoms. The van der Waals surface area contributed by atoms with Gasteiger partial charge in [0.05, 0.1) is 10.0 Å². The first kappa shape index (κ1) is 12.8. The van der Waals surface area contributed by atoms with Crippen LogP contribution in [0.25, 0.3) is 0 Å². The highest BCUT2D eigenvalue weighted by molar-refractivity contribution is 6.42. The van der Waals surface area contributed by atoms with Crippen molar-refractivity contribution < 1.29 is 0 Å². The summed E-state index contributed by atoms with van der Waals surface area (Å²) >= 11 is 11.5. The van der Waals surface area contributed by atoms with Crippen LogP contribution >= 0.6 is 35.6 Å². The second kappa shape index (κ2) is 5.51. The van der Waals surface area contributed by atoms with Crippen molar-refractivity contribution in [1.29, 1.82) is 0 Å². The average Bonchev–Trinajstić information content (AvgIpc) is 2.08. The lowest BCUT2D eigenvalue weighted by molar-refractivity contribution is 0.915. The van der Waals surface area contributed by atoms with E-state index in [-0.39, 0.29) is 18.4 Å². The van der Waals surface area contributed by atoms with E-state index < -0.39 is 0 Å². The Kier molecular flexibility index (Phi) is 5.42. The van der Waals surface area contributed by atoms with Crippen molar-refractivity contribution in [1.82, 2.24) is 0 Å². The zero-order chi connectivity index (χ0) is 9.14. The SMILES string of the molecule is C=C[C@@H](N)c1ccc(Cl)c(Cl)c1.Cl. The van der Waals surface area contributed by atoms with Gasteiger partial charge in [-0.1, -0.05) is 35.3 Å². The Morgan fingerprint density at radius 3 is 2.38 bits per heavy atom. The zero-order valence-corrected chi connectivity index (χ0v) is 9.16. The summed E-state index contributed by atoms with van der Waals surface area (Å²) in [6.07, 6.45) is 1.65. The molecule has 1 rings (SSSR count). The first-order valence-electron chi connectivity index (χ1n) is 3.48. The molecule has 0 aromatic heterocycles. The van der Waals surface area contributed by atoms with Crippen molar-refractivity contribution in [3.05, 3.63) is 46.5 Å². The summed E-state index contributed by atoms with van der Waals surface area (Å²) in [6, 6.07) is 5.12. The number of hydrogen-bond acceptors (Lipinski definition) is 1. The van der Waals surface area contributed by atoms with E-state index in [4.69, 9.17) is 28.9 Å². The van der Waals surface area contributed by atoms with Crippen LogP contribution in [-0.2, 0) is 0 Å². The number of hydrogen-bond donors (Lipinski definition) is 1. The van der Waals surface area contributed by atoms with E-state index in [1.807, 2.05) is 6.07 Å². The van der Waals surface area contributed by atoms with Gasteiger partial charge < -0.3 is 5.73 Å². The Hall–Kier alpha value is -0.210. The molecule has 0 saturated carbocycles. The lowest BCUT2D eigenvalue weighted by atomic mass is 10.1. The maximum atomic E-state index is 5.79. The predicted molar refractivity (Wildman–Crippen MR) is 60.8 cm³/mol. The van der Waals surface area contributed by atoms with E-state index in [0.717, 1.165) is 5.56 Å². The van der Waals surface area contributed by atoms with Crippen LogP contribution in [0.1, 0.15) is 11.6 Å². The Labute approximate surface area is 93.9 Å². The molecule has 1 atom stereocenters. The summed E-state index contributed by atoms with van der Waals surface area (Å²) in [6.45, 7) is 3.59. The van der Waals surface area contributed by atoms with Crippen LogP contribution in [-0.4, -0.2) is 0 Å². The Morgan fingerprint density at radius 2 is 1.92 bits per heavy atom. The fourth-order valence-electron chi connectivity index (χ4n) is 0.856. The van der Waals surface area contributed by atoms with Gasteiger partial charge in [-0.2, -0.15) is 0 Å². The van der Waals surface area contributed by atoms with Gasteiger partial charge in [0.2, 0.25) is 0 Å². The van der Waals surface area contributed by atoms with Gasteiger partial charge >= 0.3 is 0 Å². The monoisotopic (exact) mass is 237 g/mol. The molecular formula is C9H10Cl3N. The first-order chi connectivity index (χ1) is 5.65. The fraction of sp³-hybridized carbons (Fsp3) is 0.111. The van der Waals surface area contributed by atoms with Crippen molar-refractivity contribution in [2.45, 2.75) is 6.04 Å². The molecular weight excluding hydrogens is 228 g/mol. The molecule has 0 bridgehead atoms. The van der Waals surface area contributed by atoms with Crippen molar-refractivity contribution in [2.75, 3.05) is 0 Å². The van der Waals surface area contributed by atoms with Gasteiger partial charge in [0.15, 0.2) is 0 Å². The maximum absolute atomic E-state index is 5.79. The molecule has 0 aliphatic heterocycles. The van der Waals surface area contributed by atoms with Crippen molar-refractivity contribution in [2.24, 2.45) is 5.73 Å². The molecule has 1 aromatic carbocycles. The minimum absolute atomic E-state index is 0. The molecule has 0 aliphatic carbocycles. The van der Waals surface area contributed by atoms with Crippen LogP contribution in [0.5, 0.6) is 0 Å². The largest absolute Gasteiger partial charge is 0.321 e. The van der Waals surface area contributed by atoms with E-state index in [2.05, 4.69) is 6.58 Å². The van der Waals surface area contributed by atoms with E-state index in [0.29, 0.717) is 10.0 Å². The van der Waals surface area contributed by atoms with Crippen LogP contribution in [0.15, 0.2) is 30.9 Å². The number of nitrogens with two attached hydrogens (primary N) is 1. The van der Waals surface area contributed by atoms with Crippen LogP contribution in [0.3, 0.4) is 0 Å². The summed E-state index contributed by atoms with van der Waals surface area (Å²) in [4.78, 5) is 0. The molecule has 0 unspecified atom stereocenters. The molecule has 0 heterocycles. The third-order valence-corrected chi connectivity index (χ3v) is 2.32. The van der Waals surface area contributed by atoms with Gasteiger partial charge in [0.1, 0.15) is 0 Å². The fourth-order valence-corrected chi connectivity index (χ4v) is 1.16. The van der Waals surface area contributed by atoms with E-state index in [1.54, 1.807) is 18.2 Å². The molecule has 1 aromatic rings. The molecule has 13 heavy (non-hydrogen) atoms. The van der Waals surface area contributed by atoms with Gasteiger partial charge in [-0.3, -0.25) is 0 Å². The maximum Gasteiger partial charge on any atom is 0.0595 e. The Balaban J connectivity index is 0.00000144. The second-order valence-electron chi connectivity index (χ2n) is 2.44. The molecule has 0 aliphatic rings. The quantitative estimate of drug-likeness (QED) is 0.783. The molecule has 0 fully saturated rings.